The molecule has 0 saturated heterocycles. The summed E-state index contributed by atoms with van der Waals surface area (Å²) >= 11 is 5.01. The van der Waals surface area contributed by atoms with E-state index in [-0.39, 0.29) is 32.3 Å². The smallest absolute Gasteiger partial charge is 0.264 e. The van der Waals surface area contributed by atoms with Crippen LogP contribution in [-0.4, -0.2) is 28.4 Å². The van der Waals surface area contributed by atoms with Crippen molar-refractivity contribution in [1.29, 1.82) is 0 Å². The normalized spacial score (nSPS) is 11.4. The number of aromatic amines is 2. The summed E-state index contributed by atoms with van der Waals surface area (Å²) < 4.78 is 27.7. The number of H-pyrrole nitrogens is 2. The molecule has 4 aromatic rings. The van der Waals surface area contributed by atoms with Gasteiger partial charge in [-0.3, -0.25) is 9.78 Å². The molecule has 0 fully saturated rings. The molecule has 0 aliphatic rings. The topological polar surface area (TPSA) is 121 Å². The molecule has 140 valence electrons. The van der Waals surface area contributed by atoms with E-state index in [0.717, 1.165) is 0 Å². The van der Waals surface area contributed by atoms with Gasteiger partial charge in [0.2, 0.25) is 5.95 Å². The number of rotatable bonds is 4. The van der Waals surface area contributed by atoms with Crippen LogP contribution in [0.15, 0.2) is 70.4 Å². The van der Waals surface area contributed by atoms with Crippen LogP contribution in [0.4, 0.5) is 5.95 Å². The van der Waals surface area contributed by atoms with Crippen LogP contribution in [0.25, 0.3) is 22.3 Å². The van der Waals surface area contributed by atoms with Gasteiger partial charge in [0.05, 0.1) is 10.6 Å². The van der Waals surface area contributed by atoms with Crippen molar-refractivity contribution in [3.8, 4) is 11.3 Å². The van der Waals surface area contributed by atoms with E-state index in [4.69, 9.17) is 12.2 Å². The highest BCUT2D eigenvalue weighted by Gasteiger charge is 2.19. The quantitative estimate of drug-likeness (QED) is 0.444. The van der Waals surface area contributed by atoms with Crippen LogP contribution in [0.1, 0.15) is 0 Å². The van der Waals surface area contributed by atoms with E-state index in [1.807, 2.05) is 6.07 Å². The second kappa shape index (κ2) is 6.98. The first-order valence-electron chi connectivity index (χ1n) is 8.12. The van der Waals surface area contributed by atoms with E-state index in [1.54, 1.807) is 42.5 Å². The molecule has 2 aromatic heterocycles. The van der Waals surface area contributed by atoms with E-state index in [2.05, 4.69) is 24.7 Å². The van der Waals surface area contributed by atoms with E-state index in [0.29, 0.717) is 5.56 Å². The van der Waals surface area contributed by atoms with E-state index < -0.39 is 15.6 Å². The predicted octanol–water partition coefficient (Wildman–Crippen LogP) is 2.84. The first kappa shape index (κ1) is 18.0. The summed E-state index contributed by atoms with van der Waals surface area (Å²) in [5, 5.41) is 0.183. The summed E-state index contributed by atoms with van der Waals surface area (Å²) in [4.78, 5) is 26.2. The molecular formula is C18H13N5O3S2. The largest absolute Gasteiger partial charge is 0.316 e. The molecule has 0 amide bonds. The van der Waals surface area contributed by atoms with Crippen LogP contribution in [0.3, 0.4) is 0 Å². The molecule has 0 aliphatic carbocycles. The highest BCUT2D eigenvalue weighted by molar-refractivity contribution is 7.92. The van der Waals surface area contributed by atoms with Gasteiger partial charge in [-0.2, -0.15) is 4.98 Å². The first-order valence-corrected chi connectivity index (χ1v) is 10.0. The molecule has 0 unspecified atom stereocenters. The first-order chi connectivity index (χ1) is 13.4. The number of fused-ring (bicyclic) bond motifs is 1. The van der Waals surface area contributed by atoms with Crippen molar-refractivity contribution in [2.45, 2.75) is 4.90 Å². The number of nitrogens with zero attached hydrogens (tertiary/aromatic N) is 2. The zero-order chi connectivity index (χ0) is 19.7. The van der Waals surface area contributed by atoms with Gasteiger partial charge >= 0.3 is 0 Å². The van der Waals surface area contributed by atoms with Crippen molar-refractivity contribution in [1.82, 2.24) is 19.9 Å². The number of nitrogens with one attached hydrogen (secondary N) is 3. The zero-order valence-corrected chi connectivity index (χ0v) is 15.8. The van der Waals surface area contributed by atoms with Gasteiger partial charge in [-0.25, -0.2) is 18.1 Å². The molecule has 4 rings (SSSR count). The highest BCUT2D eigenvalue weighted by Crippen LogP contribution is 2.24. The summed E-state index contributed by atoms with van der Waals surface area (Å²) in [5.74, 6) is -0.175. The third-order valence-electron chi connectivity index (χ3n) is 3.92. The Kier molecular flexibility index (Phi) is 4.49. The van der Waals surface area contributed by atoms with Gasteiger partial charge in [-0.05, 0) is 24.4 Å². The summed E-state index contributed by atoms with van der Waals surface area (Å²) in [6, 6.07) is 16.8. The average Bonchev–Trinajstić information content (AvgIpc) is 2.68. The Labute approximate surface area is 164 Å². The monoisotopic (exact) mass is 411 g/mol. The van der Waals surface area contributed by atoms with Crippen LogP contribution >= 0.6 is 12.2 Å². The fraction of sp³-hybridized carbons (Fsp3) is 0. The lowest BCUT2D eigenvalue weighted by atomic mass is 10.1. The fourth-order valence-corrected chi connectivity index (χ4v) is 3.85. The van der Waals surface area contributed by atoms with Gasteiger partial charge in [0.15, 0.2) is 10.4 Å². The number of hydrogen-bond acceptors (Lipinski definition) is 6. The Morgan fingerprint density at radius 3 is 2.21 bits per heavy atom. The molecule has 0 aliphatic heterocycles. The maximum Gasteiger partial charge on any atom is 0.264 e. The number of anilines is 1. The molecule has 28 heavy (non-hydrogen) atoms. The number of aromatic nitrogens is 4. The van der Waals surface area contributed by atoms with Crippen molar-refractivity contribution in [3.05, 3.63) is 75.8 Å². The Morgan fingerprint density at radius 2 is 1.54 bits per heavy atom. The number of benzene rings is 2. The Bertz CT molecular complexity index is 1380. The minimum atomic E-state index is -3.90. The summed E-state index contributed by atoms with van der Waals surface area (Å²) in [7, 11) is -3.90. The second-order valence-corrected chi connectivity index (χ2v) is 7.90. The van der Waals surface area contributed by atoms with Gasteiger partial charge in [0.25, 0.3) is 15.6 Å². The molecule has 0 atom stereocenters. The third-order valence-corrected chi connectivity index (χ3v) is 5.47. The Morgan fingerprint density at radius 1 is 0.893 bits per heavy atom. The molecule has 0 radical (unpaired) electrons. The molecule has 0 bridgehead atoms. The molecule has 2 aromatic carbocycles. The van der Waals surface area contributed by atoms with E-state index >= 15 is 0 Å². The standard InChI is InChI=1S/C18H13N5O3S2/c24-16-13-14(11-7-3-1-4-8-11)19-17(20-15(13)21-18(27)22-16)23-28(25,26)12-9-5-2-6-10-12/h1-10H,(H3,19,20,21,22,23,24,27). The van der Waals surface area contributed by atoms with Crippen LogP contribution in [-0.2, 0) is 10.0 Å². The number of sulfonamides is 1. The maximum atomic E-state index is 12.6. The lowest BCUT2D eigenvalue weighted by Crippen LogP contribution is -2.17. The molecule has 0 saturated carbocycles. The maximum absolute atomic E-state index is 12.6. The summed E-state index contributed by atoms with van der Waals surface area (Å²) in [6.45, 7) is 0. The molecule has 2 heterocycles. The minimum Gasteiger partial charge on any atom is -0.316 e. The highest BCUT2D eigenvalue weighted by atomic mass is 32.2. The van der Waals surface area contributed by atoms with Gasteiger partial charge < -0.3 is 4.98 Å². The molecular weight excluding hydrogens is 398 g/mol. The summed E-state index contributed by atoms with van der Waals surface area (Å²) in [5.41, 5.74) is 0.582. The zero-order valence-electron chi connectivity index (χ0n) is 14.2. The van der Waals surface area contributed by atoms with Gasteiger partial charge in [0, 0.05) is 5.56 Å². The van der Waals surface area contributed by atoms with Gasteiger partial charge in [-0.15, -0.1) is 0 Å². The predicted molar refractivity (Wildman–Crippen MR) is 108 cm³/mol. The lowest BCUT2D eigenvalue weighted by molar-refractivity contribution is 0.601. The van der Waals surface area contributed by atoms with Crippen molar-refractivity contribution in [2.75, 3.05) is 4.72 Å². The summed E-state index contributed by atoms with van der Waals surface area (Å²) in [6.07, 6.45) is 0. The minimum absolute atomic E-state index is 0.0683. The van der Waals surface area contributed by atoms with Gasteiger partial charge in [0.1, 0.15) is 5.39 Å². The third kappa shape index (κ3) is 3.42. The Hall–Kier alpha value is -3.37. The van der Waals surface area contributed by atoms with E-state index in [9.17, 15) is 13.2 Å². The number of hydrogen-bond donors (Lipinski definition) is 3. The van der Waals surface area contributed by atoms with Crippen LogP contribution < -0.4 is 10.3 Å². The van der Waals surface area contributed by atoms with Crippen LogP contribution in [0.5, 0.6) is 0 Å². The molecule has 3 N–H and O–H groups in total. The van der Waals surface area contributed by atoms with Gasteiger partial charge in [-0.1, -0.05) is 48.5 Å². The molecule has 0 spiro atoms. The fourth-order valence-electron chi connectivity index (χ4n) is 2.70. The average molecular weight is 411 g/mol. The second-order valence-electron chi connectivity index (χ2n) is 5.81. The lowest BCUT2D eigenvalue weighted by Gasteiger charge is -2.10. The van der Waals surface area contributed by atoms with Crippen LogP contribution in [0, 0.1) is 4.77 Å². The Balaban J connectivity index is 1.94. The van der Waals surface area contributed by atoms with Crippen molar-refractivity contribution in [2.24, 2.45) is 0 Å². The van der Waals surface area contributed by atoms with Crippen molar-refractivity contribution in [3.63, 3.8) is 0 Å². The van der Waals surface area contributed by atoms with Crippen molar-refractivity contribution < 1.29 is 8.42 Å². The van der Waals surface area contributed by atoms with E-state index in [1.165, 1.54) is 12.1 Å². The molecule has 8 nitrogen and oxygen atoms in total. The van der Waals surface area contributed by atoms with Crippen LogP contribution in [0.2, 0.25) is 0 Å². The van der Waals surface area contributed by atoms with Crippen molar-refractivity contribution >= 4 is 39.2 Å². The SMILES string of the molecule is O=c1[nH]c(=S)[nH]c2nc(NS(=O)(=O)c3ccccc3)nc(-c3ccccc3)c12. The molecule has 10 heteroatoms.